The molecule has 2 rings (SSSR count). The van der Waals surface area contributed by atoms with E-state index in [1.165, 1.54) is 0 Å². The van der Waals surface area contributed by atoms with Crippen LogP contribution in [0.2, 0.25) is 0 Å². The highest BCUT2D eigenvalue weighted by Crippen LogP contribution is 2.40. The molecule has 0 aliphatic carbocycles. The third-order valence-electron chi connectivity index (χ3n) is 2.33. The van der Waals surface area contributed by atoms with Crippen molar-refractivity contribution >= 4 is 0 Å². The van der Waals surface area contributed by atoms with E-state index in [-0.39, 0.29) is 6.04 Å². The molecule has 0 amide bonds. The smallest absolute Gasteiger partial charge is 0.164 e. The molecule has 0 bridgehead atoms. The zero-order chi connectivity index (χ0) is 10.1. The van der Waals surface area contributed by atoms with Crippen LogP contribution in [-0.2, 0) is 0 Å². The number of nitrogens with two attached hydrogens (primary N) is 1. The molecule has 4 heteroatoms. The van der Waals surface area contributed by atoms with E-state index in [0.717, 1.165) is 11.3 Å². The van der Waals surface area contributed by atoms with Gasteiger partial charge in [0.05, 0.1) is 20.3 Å². The van der Waals surface area contributed by atoms with Gasteiger partial charge in [0.2, 0.25) is 0 Å². The van der Waals surface area contributed by atoms with Crippen molar-refractivity contribution in [1.29, 1.82) is 0 Å². The number of methoxy groups -OCH3 is 2. The summed E-state index contributed by atoms with van der Waals surface area (Å²) in [6, 6.07) is 3.61. The summed E-state index contributed by atoms with van der Waals surface area (Å²) in [5, 5.41) is 0. The van der Waals surface area contributed by atoms with E-state index >= 15 is 0 Å². The molecule has 0 fully saturated rings. The second-order valence-corrected chi connectivity index (χ2v) is 3.16. The van der Waals surface area contributed by atoms with Crippen molar-refractivity contribution in [3.8, 4) is 17.2 Å². The van der Waals surface area contributed by atoms with E-state index < -0.39 is 0 Å². The van der Waals surface area contributed by atoms with Crippen LogP contribution in [-0.4, -0.2) is 20.8 Å². The summed E-state index contributed by atoms with van der Waals surface area (Å²) in [5.74, 6) is 2.14. The van der Waals surface area contributed by atoms with Crippen molar-refractivity contribution in [2.45, 2.75) is 6.04 Å². The summed E-state index contributed by atoms with van der Waals surface area (Å²) in [4.78, 5) is 0. The van der Waals surface area contributed by atoms with Gasteiger partial charge in [-0.2, -0.15) is 0 Å². The van der Waals surface area contributed by atoms with E-state index in [4.69, 9.17) is 19.9 Å². The van der Waals surface area contributed by atoms with Gasteiger partial charge < -0.3 is 19.9 Å². The highest BCUT2D eigenvalue weighted by molar-refractivity contribution is 5.53. The van der Waals surface area contributed by atoms with Crippen LogP contribution in [0.5, 0.6) is 17.2 Å². The topological polar surface area (TPSA) is 53.7 Å². The molecule has 1 aliphatic rings. The first-order chi connectivity index (χ1) is 6.76. The molecule has 1 aliphatic heterocycles. The number of hydrogen-bond donors (Lipinski definition) is 1. The van der Waals surface area contributed by atoms with Crippen LogP contribution in [0.4, 0.5) is 0 Å². The van der Waals surface area contributed by atoms with Gasteiger partial charge >= 0.3 is 0 Å². The maximum atomic E-state index is 5.84. The summed E-state index contributed by atoms with van der Waals surface area (Å²) >= 11 is 0. The highest BCUT2D eigenvalue weighted by Gasteiger charge is 2.23. The van der Waals surface area contributed by atoms with E-state index in [2.05, 4.69) is 0 Å². The van der Waals surface area contributed by atoms with Crippen LogP contribution >= 0.6 is 0 Å². The molecule has 0 saturated carbocycles. The molecule has 2 N–H and O–H groups in total. The molecular weight excluding hydrogens is 182 g/mol. The van der Waals surface area contributed by atoms with Crippen molar-refractivity contribution in [1.82, 2.24) is 0 Å². The van der Waals surface area contributed by atoms with Gasteiger partial charge in [-0.25, -0.2) is 0 Å². The van der Waals surface area contributed by atoms with Gasteiger partial charge in [0, 0.05) is 11.6 Å². The Kier molecular flexibility index (Phi) is 2.21. The van der Waals surface area contributed by atoms with Crippen molar-refractivity contribution in [3.63, 3.8) is 0 Å². The van der Waals surface area contributed by atoms with Gasteiger partial charge in [0.15, 0.2) is 11.5 Å². The van der Waals surface area contributed by atoms with Crippen molar-refractivity contribution in [3.05, 3.63) is 17.7 Å². The molecule has 4 nitrogen and oxygen atoms in total. The molecule has 0 saturated heterocycles. The van der Waals surface area contributed by atoms with Gasteiger partial charge in [0.1, 0.15) is 12.4 Å². The minimum absolute atomic E-state index is 0.0650. The Balaban J connectivity index is 2.49. The van der Waals surface area contributed by atoms with Crippen LogP contribution < -0.4 is 19.9 Å². The first-order valence-corrected chi connectivity index (χ1v) is 4.40. The molecule has 0 unspecified atom stereocenters. The van der Waals surface area contributed by atoms with E-state index in [0.29, 0.717) is 18.1 Å². The quantitative estimate of drug-likeness (QED) is 0.767. The summed E-state index contributed by atoms with van der Waals surface area (Å²) in [6.07, 6.45) is 0. The zero-order valence-corrected chi connectivity index (χ0v) is 8.24. The third-order valence-corrected chi connectivity index (χ3v) is 2.33. The van der Waals surface area contributed by atoms with Gasteiger partial charge in [-0.3, -0.25) is 0 Å². The number of fused-ring (bicyclic) bond motifs is 1. The first kappa shape index (κ1) is 9.15. The van der Waals surface area contributed by atoms with Crippen LogP contribution in [0.1, 0.15) is 11.6 Å². The average Bonchev–Trinajstić information content (AvgIpc) is 2.58. The molecule has 0 aromatic heterocycles. The Hall–Kier alpha value is -1.42. The second-order valence-electron chi connectivity index (χ2n) is 3.16. The standard InChI is InChI=1S/C10H13NO3/c1-12-9-3-6-7(11)5-14-8(6)4-10(9)13-2/h3-4,7H,5,11H2,1-2H3/t7-/m1/s1. The molecule has 1 atom stereocenters. The van der Waals surface area contributed by atoms with Crippen molar-refractivity contribution in [2.75, 3.05) is 20.8 Å². The summed E-state index contributed by atoms with van der Waals surface area (Å²) in [6.45, 7) is 0.519. The van der Waals surface area contributed by atoms with E-state index in [1.807, 2.05) is 6.07 Å². The predicted octanol–water partition coefficient (Wildman–Crippen LogP) is 1.10. The minimum Gasteiger partial charge on any atom is -0.493 e. The zero-order valence-electron chi connectivity index (χ0n) is 8.24. The minimum atomic E-state index is -0.0650. The molecule has 1 aromatic rings. The van der Waals surface area contributed by atoms with E-state index in [9.17, 15) is 0 Å². The van der Waals surface area contributed by atoms with Crippen molar-refractivity contribution < 1.29 is 14.2 Å². The van der Waals surface area contributed by atoms with Crippen molar-refractivity contribution in [2.24, 2.45) is 5.73 Å². The lowest BCUT2D eigenvalue weighted by Gasteiger charge is -2.09. The number of hydrogen-bond acceptors (Lipinski definition) is 4. The third kappa shape index (κ3) is 1.28. The molecule has 0 radical (unpaired) electrons. The SMILES string of the molecule is COc1cc2c(cc1OC)[C@H](N)CO2. The van der Waals surface area contributed by atoms with Gasteiger partial charge in [-0.05, 0) is 6.07 Å². The second kappa shape index (κ2) is 3.38. The number of rotatable bonds is 2. The fraction of sp³-hybridized carbons (Fsp3) is 0.400. The fourth-order valence-corrected chi connectivity index (χ4v) is 1.56. The average molecular weight is 195 g/mol. The molecule has 1 aromatic carbocycles. The highest BCUT2D eigenvalue weighted by atomic mass is 16.5. The monoisotopic (exact) mass is 195 g/mol. The predicted molar refractivity (Wildman–Crippen MR) is 52.0 cm³/mol. The molecular formula is C10H13NO3. The number of benzene rings is 1. The number of ether oxygens (including phenoxy) is 3. The lowest BCUT2D eigenvalue weighted by molar-refractivity contribution is 0.328. The summed E-state index contributed by atoms with van der Waals surface area (Å²) in [7, 11) is 3.20. The first-order valence-electron chi connectivity index (χ1n) is 4.40. The maximum Gasteiger partial charge on any atom is 0.164 e. The molecule has 1 heterocycles. The maximum absolute atomic E-state index is 5.84. The Morgan fingerprint density at radius 3 is 2.57 bits per heavy atom. The van der Waals surface area contributed by atoms with Crippen LogP contribution in [0.3, 0.4) is 0 Å². The van der Waals surface area contributed by atoms with Gasteiger partial charge in [0.25, 0.3) is 0 Å². The van der Waals surface area contributed by atoms with Crippen LogP contribution in [0, 0.1) is 0 Å². The lowest BCUT2D eigenvalue weighted by atomic mass is 10.1. The Morgan fingerprint density at radius 2 is 1.93 bits per heavy atom. The van der Waals surface area contributed by atoms with E-state index in [1.54, 1.807) is 20.3 Å². The normalized spacial score (nSPS) is 18.6. The molecule has 14 heavy (non-hydrogen) atoms. The molecule has 76 valence electrons. The Morgan fingerprint density at radius 1 is 1.29 bits per heavy atom. The van der Waals surface area contributed by atoms with Crippen LogP contribution in [0.15, 0.2) is 12.1 Å². The largest absolute Gasteiger partial charge is 0.493 e. The molecule has 0 spiro atoms. The van der Waals surface area contributed by atoms with Crippen LogP contribution in [0.25, 0.3) is 0 Å². The van der Waals surface area contributed by atoms with Gasteiger partial charge in [-0.15, -0.1) is 0 Å². The summed E-state index contributed by atoms with van der Waals surface area (Å²) < 4.78 is 15.7. The van der Waals surface area contributed by atoms with Gasteiger partial charge in [-0.1, -0.05) is 0 Å². The lowest BCUT2D eigenvalue weighted by Crippen LogP contribution is -2.10. The Bertz CT molecular complexity index is 351. The fourth-order valence-electron chi connectivity index (χ4n) is 1.56. The summed E-state index contributed by atoms with van der Waals surface area (Å²) in [5.41, 5.74) is 6.81. The Labute approximate surface area is 82.6 Å².